The molecule has 2 heterocycles. The Morgan fingerprint density at radius 1 is 1.40 bits per heavy atom. The monoisotopic (exact) mass is 377 g/mol. The molecular weight excluding hydrogens is 358 g/mol. The van der Waals surface area contributed by atoms with Gasteiger partial charge in [-0.3, -0.25) is 9.59 Å². The van der Waals surface area contributed by atoms with Gasteiger partial charge in [-0.2, -0.15) is 0 Å². The molecule has 2 amide bonds. The normalized spacial score (nSPS) is 16.9. The third-order valence-electron chi connectivity index (χ3n) is 4.27. The lowest BCUT2D eigenvalue weighted by Crippen LogP contribution is -2.46. The van der Waals surface area contributed by atoms with Gasteiger partial charge in [0.15, 0.2) is 0 Å². The number of likely N-dealkylation sites (tertiary alicyclic amines) is 1. The van der Waals surface area contributed by atoms with Gasteiger partial charge in [0.25, 0.3) is 5.91 Å². The number of benzene rings is 1. The number of amides is 2. The summed E-state index contributed by atoms with van der Waals surface area (Å²) in [5, 5.41) is 6.37. The van der Waals surface area contributed by atoms with Crippen LogP contribution in [0.2, 0.25) is 5.02 Å². The molecule has 1 unspecified atom stereocenters. The molecule has 1 fully saturated rings. The Labute approximate surface area is 156 Å². The summed E-state index contributed by atoms with van der Waals surface area (Å²) in [5.41, 5.74) is 1.43. The number of aryl methyl sites for hydroxylation is 1. The number of nitrogens with zero attached hydrogens (tertiary/aromatic N) is 2. The number of halogens is 1. The summed E-state index contributed by atoms with van der Waals surface area (Å²) >= 11 is 7.73. The van der Waals surface area contributed by atoms with E-state index in [4.69, 9.17) is 11.6 Å². The van der Waals surface area contributed by atoms with Crippen molar-refractivity contribution in [2.45, 2.75) is 32.2 Å². The van der Waals surface area contributed by atoms with E-state index in [1.165, 1.54) is 0 Å². The van der Waals surface area contributed by atoms with Gasteiger partial charge in [-0.25, -0.2) is 4.98 Å². The van der Waals surface area contributed by atoms with E-state index in [0.29, 0.717) is 36.5 Å². The number of hydrogen-bond donors (Lipinski definition) is 1. The number of aromatic nitrogens is 1. The molecule has 1 saturated heterocycles. The lowest BCUT2D eigenvalue weighted by atomic mass is 10.1. The van der Waals surface area contributed by atoms with Crippen LogP contribution >= 0.6 is 22.9 Å². The molecule has 5 nitrogen and oxygen atoms in total. The SMILES string of the molecule is Cc1nc(CCNC(=O)C2CCCN2C(=O)c2ccccc2Cl)cs1. The van der Waals surface area contributed by atoms with Gasteiger partial charge in [0.05, 0.1) is 21.3 Å². The Morgan fingerprint density at radius 2 is 2.20 bits per heavy atom. The number of nitrogens with one attached hydrogen (secondary N) is 1. The standard InChI is InChI=1S/C18H20ClN3O2S/c1-12-21-13(11-25-12)8-9-20-17(23)16-7-4-10-22(16)18(24)14-5-2-3-6-15(14)19/h2-3,5-6,11,16H,4,7-10H2,1H3,(H,20,23). The molecule has 7 heteroatoms. The van der Waals surface area contributed by atoms with Crippen molar-refractivity contribution in [1.29, 1.82) is 0 Å². The van der Waals surface area contributed by atoms with E-state index < -0.39 is 6.04 Å². The second kappa shape index (κ2) is 7.97. The molecule has 3 rings (SSSR count). The molecular formula is C18H20ClN3O2S. The number of carbonyl (C=O) groups is 2. The van der Waals surface area contributed by atoms with Gasteiger partial charge >= 0.3 is 0 Å². The van der Waals surface area contributed by atoms with Crippen LogP contribution in [0.15, 0.2) is 29.6 Å². The van der Waals surface area contributed by atoms with Gasteiger partial charge in [-0.05, 0) is 31.9 Å². The third kappa shape index (κ3) is 4.19. The lowest BCUT2D eigenvalue weighted by molar-refractivity contribution is -0.124. The van der Waals surface area contributed by atoms with E-state index in [1.807, 2.05) is 12.3 Å². The van der Waals surface area contributed by atoms with Crippen molar-refractivity contribution in [3.63, 3.8) is 0 Å². The minimum atomic E-state index is -0.430. The van der Waals surface area contributed by atoms with Crippen LogP contribution in [0.3, 0.4) is 0 Å². The van der Waals surface area contributed by atoms with Crippen molar-refractivity contribution in [2.75, 3.05) is 13.1 Å². The van der Waals surface area contributed by atoms with Crippen LogP contribution in [0.1, 0.15) is 33.9 Å². The first-order chi connectivity index (χ1) is 12.1. The smallest absolute Gasteiger partial charge is 0.256 e. The second-order valence-electron chi connectivity index (χ2n) is 6.04. The average molecular weight is 378 g/mol. The fraction of sp³-hybridized carbons (Fsp3) is 0.389. The number of hydrogen-bond acceptors (Lipinski definition) is 4. The summed E-state index contributed by atoms with van der Waals surface area (Å²) in [5.74, 6) is -0.289. The Balaban J connectivity index is 1.59. The van der Waals surface area contributed by atoms with Crippen LogP contribution in [0.5, 0.6) is 0 Å². The lowest BCUT2D eigenvalue weighted by Gasteiger charge is -2.24. The molecule has 0 spiro atoms. The zero-order valence-corrected chi connectivity index (χ0v) is 15.6. The van der Waals surface area contributed by atoms with E-state index >= 15 is 0 Å². The Hall–Kier alpha value is -1.92. The summed E-state index contributed by atoms with van der Waals surface area (Å²) in [4.78, 5) is 31.3. The molecule has 1 aliphatic heterocycles. The molecule has 1 N–H and O–H groups in total. The van der Waals surface area contributed by atoms with Gasteiger partial charge in [0.1, 0.15) is 6.04 Å². The van der Waals surface area contributed by atoms with E-state index in [0.717, 1.165) is 17.1 Å². The van der Waals surface area contributed by atoms with Crippen LogP contribution in [-0.2, 0) is 11.2 Å². The molecule has 1 aromatic carbocycles. The molecule has 132 valence electrons. The van der Waals surface area contributed by atoms with Crippen LogP contribution in [-0.4, -0.2) is 40.8 Å². The van der Waals surface area contributed by atoms with E-state index in [1.54, 1.807) is 40.5 Å². The van der Waals surface area contributed by atoms with Gasteiger partial charge < -0.3 is 10.2 Å². The molecule has 1 aromatic heterocycles. The van der Waals surface area contributed by atoms with Crippen LogP contribution in [0, 0.1) is 6.92 Å². The first-order valence-electron chi connectivity index (χ1n) is 8.30. The van der Waals surface area contributed by atoms with Crippen molar-refractivity contribution >= 4 is 34.8 Å². The highest BCUT2D eigenvalue weighted by atomic mass is 35.5. The zero-order valence-electron chi connectivity index (χ0n) is 14.0. The highest BCUT2D eigenvalue weighted by Gasteiger charge is 2.34. The molecule has 1 aliphatic rings. The van der Waals surface area contributed by atoms with E-state index in [-0.39, 0.29) is 11.8 Å². The quantitative estimate of drug-likeness (QED) is 0.871. The highest BCUT2D eigenvalue weighted by Crippen LogP contribution is 2.24. The molecule has 0 saturated carbocycles. The summed E-state index contributed by atoms with van der Waals surface area (Å²) in [6.07, 6.45) is 2.19. The van der Waals surface area contributed by atoms with Crippen LogP contribution in [0.25, 0.3) is 0 Å². The zero-order chi connectivity index (χ0) is 17.8. The first kappa shape index (κ1) is 17.9. The maximum atomic E-state index is 12.7. The third-order valence-corrected chi connectivity index (χ3v) is 5.42. The van der Waals surface area contributed by atoms with Gasteiger partial charge in [0, 0.05) is 24.9 Å². The minimum Gasteiger partial charge on any atom is -0.354 e. The number of carbonyl (C=O) groups excluding carboxylic acids is 2. The minimum absolute atomic E-state index is 0.107. The summed E-state index contributed by atoms with van der Waals surface area (Å²) in [6, 6.07) is 6.52. The Morgan fingerprint density at radius 3 is 2.92 bits per heavy atom. The summed E-state index contributed by atoms with van der Waals surface area (Å²) in [7, 11) is 0. The molecule has 0 aliphatic carbocycles. The van der Waals surface area contributed by atoms with Crippen LogP contribution in [0.4, 0.5) is 0 Å². The largest absolute Gasteiger partial charge is 0.354 e. The molecule has 0 bridgehead atoms. The van der Waals surface area contributed by atoms with Gasteiger partial charge in [-0.15, -0.1) is 11.3 Å². The molecule has 1 atom stereocenters. The molecule has 2 aromatic rings. The first-order valence-corrected chi connectivity index (χ1v) is 9.56. The van der Waals surface area contributed by atoms with Crippen molar-refractivity contribution < 1.29 is 9.59 Å². The maximum absolute atomic E-state index is 12.7. The summed E-state index contributed by atoms with van der Waals surface area (Å²) < 4.78 is 0. The topological polar surface area (TPSA) is 62.3 Å². The molecule has 0 radical (unpaired) electrons. The molecule has 25 heavy (non-hydrogen) atoms. The fourth-order valence-electron chi connectivity index (χ4n) is 3.03. The van der Waals surface area contributed by atoms with Gasteiger partial charge in [0.2, 0.25) is 5.91 Å². The van der Waals surface area contributed by atoms with Crippen molar-refractivity contribution in [2.24, 2.45) is 0 Å². The fourth-order valence-corrected chi connectivity index (χ4v) is 3.89. The van der Waals surface area contributed by atoms with Crippen molar-refractivity contribution in [3.8, 4) is 0 Å². The van der Waals surface area contributed by atoms with E-state index in [2.05, 4.69) is 10.3 Å². The predicted molar refractivity (Wildman–Crippen MR) is 99.1 cm³/mol. The summed E-state index contributed by atoms with van der Waals surface area (Å²) in [6.45, 7) is 3.06. The Bertz CT molecular complexity index is 777. The maximum Gasteiger partial charge on any atom is 0.256 e. The second-order valence-corrected chi connectivity index (χ2v) is 7.50. The Kier molecular flexibility index (Phi) is 5.71. The number of thiazole rings is 1. The van der Waals surface area contributed by atoms with Crippen LogP contribution < -0.4 is 5.32 Å². The van der Waals surface area contributed by atoms with E-state index in [9.17, 15) is 9.59 Å². The van der Waals surface area contributed by atoms with Crippen molar-refractivity contribution in [3.05, 3.63) is 50.9 Å². The van der Waals surface area contributed by atoms with Crippen molar-refractivity contribution in [1.82, 2.24) is 15.2 Å². The highest BCUT2D eigenvalue weighted by molar-refractivity contribution is 7.09. The van der Waals surface area contributed by atoms with Gasteiger partial charge in [-0.1, -0.05) is 23.7 Å². The average Bonchev–Trinajstić information content (AvgIpc) is 3.23. The predicted octanol–water partition coefficient (Wildman–Crippen LogP) is 3.07. The number of rotatable bonds is 5.